The number of halogens is 1. The van der Waals surface area contributed by atoms with Gasteiger partial charge in [-0.05, 0) is 90.2 Å². The van der Waals surface area contributed by atoms with E-state index in [4.69, 9.17) is 9.31 Å². The number of para-hydroxylation sites is 3. The smallest absolute Gasteiger partial charge is 0.399 e. The molecule has 0 unspecified atom stereocenters. The summed E-state index contributed by atoms with van der Waals surface area (Å²) in [6.07, 6.45) is 7.18. The van der Waals surface area contributed by atoms with Crippen molar-refractivity contribution in [2.24, 2.45) is 0 Å². The predicted molar refractivity (Wildman–Crippen MR) is 186 cm³/mol. The van der Waals surface area contributed by atoms with Gasteiger partial charge in [-0.2, -0.15) is 0 Å². The molecule has 11 heteroatoms. The molecule has 7 rings (SSSR count). The second kappa shape index (κ2) is 13.4. The van der Waals surface area contributed by atoms with E-state index in [1.165, 1.54) is 28.7 Å². The molecule has 4 aromatic carbocycles. The van der Waals surface area contributed by atoms with Gasteiger partial charge in [0.25, 0.3) is 11.4 Å². The molecule has 2 heterocycles. The van der Waals surface area contributed by atoms with Crippen molar-refractivity contribution in [3.05, 3.63) is 139 Å². The Kier molecular flexibility index (Phi) is 9.57. The lowest BCUT2D eigenvalue weighted by molar-refractivity contribution is -0.385. The average molecular weight is 682 g/mol. The second-order valence-electron chi connectivity index (χ2n) is 11.8. The molecular formula is C35H33BBrN3O6. The van der Waals surface area contributed by atoms with Crippen LogP contribution in [0.1, 0.15) is 38.8 Å². The normalized spacial score (nSPS) is 15.4. The number of aromatic nitrogens is 1. The maximum atomic E-state index is 11.1. The third kappa shape index (κ3) is 6.81. The van der Waals surface area contributed by atoms with Crippen molar-refractivity contribution in [3.8, 4) is 11.1 Å². The van der Waals surface area contributed by atoms with Crippen LogP contribution in [-0.4, -0.2) is 33.2 Å². The van der Waals surface area contributed by atoms with Crippen LogP contribution in [0.3, 0.4) is 0 Å². The molecule has 1 saturated heterocycles. The number of fused-ring (bicyclic) bond motifs is 2. The Morgan fingerprint density at radius 2 is 1.37 bits per heavy atom. The molecule has 0 bridgehead atoms. The second-order valence-corrected chi connectivity index (χ2v) is 12.7. The van der Waals surface area contributed by atoms with Gasteiger partial charge in [0.2, 0.25) is 0 Å². The molecule has 2 aliphatic rings. The van der Waals surface area contributed by atoms with Crippen LogP contribution in [-0.2, 0) is 15.7 Å². The van der Waals surface area contributed by atoms with Crippen molar-refractivity contribution in [3.63, 3.8) is 0 Å². The fourth-order valence-corrected chi connectivity index (χ4v) is 5.71. The quantitative estimate of drug-likeness (QED) is 0.115. The number of nitrogens with zero attached hydrogens (tertiary/aromatic N) is 2. The number of benzene rings is 4. The summed E-state index contributed by atoms with van der Waals surface area (Å²) < 4.78 is 12.8. The molecule has 9 nitrogen and oxygen atoms in total. The first-order valence-electron chi connectivity index (χ1n) is 14.7. The van der Waals surface area contributed by atoms with Gasteiger partial charge in [0.1, 0.15) is 0 Å². The van der Waals surface area contributed by atoms with Gasteiger partial charge in [-0.3, -0.25) is 20.2 Å². The van der Waals surface area contributed by atoms with Gasteiger partial charge in [0, 0.05) is 23.9 Å². The maximum Gasteiger partial charge on any atom is 0.495 e. The van der Waals surface area contributed by atoms with Gasteiger partial charge in [0.05, 0.1) is 36.6 Å². The van der Waals surface area contributed by atoms with Gasteiger partial charge in [0.15, 0.2) is 0 Å². The van der Waals surface area contributed by atoms with Crippen LogP contribution >= 0.6 is 15.9 Å². The van der Waals surface area contributed by atoms with Crippen LogP contribution in [0.25, 0.3) is 28.1 Å². The molecule has 46 heavy (non-hydrogen) atoms. The minimum atomic E-state index is -0.427. The molecule has 1 aliphatic carbocycles. The summed E-state index contributed by atoms with van der Waals surface area (Å²) in [5.74, 6) is 0. The van der Waals surface area contributed by atoms with E-state index in [9.17, 15) is 20.2 Å². The van der Waals surface area contributed by atoms with Crippen LogP contribution in [0.15, 0.2) is 108 Å². The monoisotopic (exact) mass is 681 g/mol. The van der Waals surface area contributed by atoms with Crippen LogP contribution in [0.5, 0.6) is 0 Å². The molecule has 234 valence electrons. The fraction of sp³-hybridized carbons (Fsp3) is 0.200. The van der Waals surface area contributed by atoms with Gasteiger partial charge in [-0.25, -0.2) is 0 Å². The van der Waals surface area contributed by atoms with Gasteiger partial charge in [-0.15, -0.1) is 0 Å². The highest BCUT2D eigenvalue weighted by atomic mass is 79.9. The Balaban J connectivity index is 0.000000142. The van der Waals surface area contributed by atoms with Crippen molar-refractivity contribution in [1.82, 2.24) is 4.98 Å². The zero-order chi connectivity index (χ0) is 33.1. The zero-order valence-corrected chi connectivity index (χ0v) is 27.5. The SMILES string of the molecule is CC1(C)OB(c2cccc3c2CC=C3)OC1(C)C.O=[N+]([O-])c1ccccc1-c1cccc2cc[nH]c12.O=[N+]([O-])c1ccccc1Br. The maximum absolute atomic E-state index is 11.1. The van der Waals surface area contributed by atoms with Crippen molar-refractivity contribution in [2.75, 3.05) is 0 Å². The lowest BCUT2D eigenvalue weighted by Crippen LogP contribution is -2.41. The highest BCUT2D eigenvalue weighted by Gasteiger charge is 2.52. The van der Waals surface area contributed by atoms with Crippen LogP contribution in [0.2, 0.25) is 0 Å². The molecule has 1 aliphatic heterocycles. The Hall–Kier alpha value is -4.58. The van der Waals surface area contributed by atoms with Crippen LogP contribution < -0.4 is 5.46 Å². The molecule has 0 atom stereocenters. The number of H-pyrrole nitrogens is 1. The summed E-state index contributed by atoms with van der Waals surface area (Å²) in [5.41, 5.74) is 5.90. The Morgan fingerprint density at radius 1 is 0.761 bits per heavy atom. The number of allylic oxidation sites excluding steroid dienone is 1. The first-order chi connectivity index (χ1) is 21.9. The van der Waals surface area contributed by atoms with Crippen molar-refractivity contribution < 1.29 is 19.2 Å². The first-order valence-corrected chi connectivity index (χ1v) is 15.5. The molecule has 1 aromatic heterocycles. The highest BCUT2D eigenvalue weighted by molar-refractivity contribution is 9.10. The van der Waals surface area contributed by atoms with E-state index >= 15 is 0 Å². The van der Waals surface area contributed by atoms with Crippen molar-refractivity contribution >= 4 is 56.9 Å². The number of hydrogen-bond donors (Lipinski definition) is 1. The van der Waals surface area contributed by atoms with E-state index in [0.29, 0.717) is 10.0 Å². The molecule has 0 amide bonds. The van der Waals surface area contributed by atoms with Crippen LogP contribution in [0, 0.1) is 20.2 Å². The number of aromatic amines is 1. The minimum Gasteiger partial charge on any atom is -0.399 e. The standard InChI is InChI=1S/C15H19BO2.C14H10N2O2.C6H4BrNO2/c1-14(2)15(3,4)18-16(17-14)13-10-6-8-11-7-5-9-12(11)13;17-16(18)13-7-2-1-5-11(13)12-6-3-4-10-8-9-15-14(10)12;7-5-3-1-2-4-6(5)8(9)10/h5-8,10H,9H2,1-4H3;1-9,15H;1-4H. The highest BCUT2D eigenvalue weighted by Crippen LogP contribution is 2.37. The molecule has 0 radical (unpaired) electrons. The molecular weight excluding hydrogens is 649 g/mol. The number of nitro benzene ring substituents is 2. The summed E-state index contributed by atoms with van der Waals surface area (Å²) in [6, 6.07) is 27.3. The van der Waals surface area contributed by atoms with E-state index in [-0.39, 0.29) is 34.6 Å². The summed E-state index contributed by atoms with van der Waals surface area (Å²) in [6.45, 7) is 8.37. The largest absolute Gasteiger partial charge is 0.495 e. The first kappa shape index (κ1) is 32.8. The van der Waals surface area contributed by atoms with E-state index in [0.717, 1.165) is 22.9 Å². The summed E-state index contributed by atoms with van der Waals surface area (Å²) in [4.78, 5) is 23.6. The minimum absolute atomic E-state index is 0.0995. The Bertz CT molecular complexity index is 1920. The number of hydrogen-bond acceptors (Lipinski definition) is 6. The van der Waals surface area contributed by atoms with Gasteiger partial charge < -0.3 is 14.3 Å². The number of nitrogens with one attached hydrogen (secondary N) is 1. The third-order valence-corrected chi connectivity index (χ3v) is 9.07. The molecule has 1 fully saturated rings. The van der Waals surface area contributed by atoms with E-state index < -0.39 is 4.92 Å². The Morgan fingerprint density at radius 3 is 2.02 bits per heavy atom. The number of nitro groups is 2. The van der Waals surface area contributed by atoms with Crippen molar-refractivity contribution in [2.45, 2.75) is 45.3 Å². The Labute approximate surface area is 275 Å². The summed E-state index contributed by atoms with van der Waals surface area (Å²) in [5, 5.41) is 22.3. The third-order valence-electron chi connectivity index (χ3n) is 8.40. The van der Waals surface area contributed by atoms with Crippen molar-refractivity contribution in [1.29, 1.82) is 0 Å². The van der Waals surface area contributed by atoms with E-state index in [2.05, 4.69) is 79.0 Å². The summed E-state index contributed by atoms with van der Waals surface area (Å²) in [7, 11) is -0.246. The summed E-state index contributed by atoms with van der Waals surface area (Å²) >= 11 is 3.06. The van der Waals surface area contributed by atoms with E-state index in [1.807, 2.05) is 36.5 Å². The van der Waals surface area contributed by atoms with E-state index in [1.54, 1.807) is 30.3 Å². The fourth-order valence-electron chi connectivity index (χ4n) is 5.28. The molecule has 5 aromatic rings. The lowest BCUT2D eigenvalue weighted by Gasteiger charge is -2.32. The average Bonchev–Trinajstić information content (AvgIpc) is 3.75. The lowest BCUT2D eigenvalue weighted by atomic mass is 9.75. The van der Waals surface area contributed by atoms with Gasteiger partial charge in [-0.1, -0.05) is 72.8 Å². The van der Waals surface area contributed by atoms with Crippen LogP contribution in [0.4, 0.5) is 11.4 Å². The molecule has 0 saturated carbocycles. The molecule has 0 spiro atoms. The van der Waals surface area contributed by atoms with Gasteiger partial charge >= 0.3 is 7.12 Å². The zero-order valence-electron chi connectivity index (χ0n) is 25.9. The predicted octanol–water partition coefficient (Wildman–Crippen LogP) is 8.66. The topological polar surface area (TPSA) is 121 Å². The molecule has 1 N–H and O–H groups in total. The number of rotatable bonds is 4.